The molecule has 6 nitrogen and oxygen atoms in total. The van der Waals surface area contributed by atoms with Crippen molar-refractivity contribution in [3.63, 3.8) is 0 Å². The van der Waals surface area contributed by atoms with Crippen LogP contribution in [0, 0.1) is 6.92 Å². The van der Waals surface area contributed by atoms with Gasteiger partial charge in [-0.05, 0) is 60.2 Å². The molecule has 40 heavy (non-hydrogen) atoms. The fourth-order valence-corrected chi connectivity index (χ4v) is 11.1. The van der Waals surface area contributed by atoms with E-state index < -0.39 is 30.6 Å². The molecule has 0 unspecified atom stereocenters. The molecule has 1 fully saturated rings. The highest BCUT2D eigenvalue weighted by Gasteiger charge is 2.50. The molecule has 216 valence electrons. The molecule has 8 heteroatoms. The molecule has 3 atom stereocenters. The molecule has 1 saturated heterocycles. The summed E-state index contributed by atoms with van der Waals surface area (Å²) < 4.78 is 43.7. The van der Waals surface area contributed by atoms with Crippen LogP contribution in [0.15, 0.2) is 89.8 Å². The van der Waals surface area contributed by atoms with Gasteiger partial charge in [-0.3, -0.25) is 4.18 Å². The monoisotopic (exact) mass is 582 g/mol. The first-order valence-corrected chi connectivity index (χ1v) is 17.4. The molecule has 3 aromatic rings. The van der Waals surface area contributed by atoms with Crippen LogP contribution in [0.2, 0.25) is 5.04 Å². The number of ether oxygens (including phenoxy) is 1. The molecule has 1 aliphatic rings. The van der Waals surface area contributed by atoms with Gasteiger partial charge < -0.3 is 14.3 Å². The molecule has 0 amide bonds. The maximum absolute atomic E-state index is 12.6. The Bertz CT molecular complexity index is 1270. The number of aliphatic hydroxyl groups excluding tert-OH is 1. The van der Waals surface area contributed by atoms with Crippen molar-refractivity contribution >= 4 is 28.8 Å². The Labute approximate surface area is 240 Å². The van der Waals surface area contributed by atoms with Gasteiger partial charge in [-0.2, -0.15) is 8.42 Å². The zero-order valence-corrected chi connectivity index (χ0v) is 25.8. The molecule has 0 aromatic heterocycles. The Hall–Kier alpha value is -2.33. The third kappa shape index (κ3) is 7.11. The lowest BCUT2D eigenvalue weighted by Gasteiger charge is -2.43. The van der Waals surface area contributed by atoms with Gasteiger partial charge in [0.1, 0.15) is 6.10 Å². The third-order valence-corrected chi connectivity index (χ3v) is 14.0. The fourth-order valence-electron chi connectivity index (χ4n) is 5.54. The summed E-state index contributed by atoms with van der Waals surface area (Å²) in [5, 5.41) is 12.9. The van der Waals surface area contributed by atoms with Gasteiger partial charge in [0.05, 0.1) is 23.7 Å². The summed E-state index contributed by atoms with van der Waals surface area (Å²) in [5.74, 6) is 0. The first-order valence-electron chi connectivity index (χ1n) is 14.1. The van der Waals surface area contributed by atoms with Crippen LogP contribution in [0.5, 0.6) is 0 Å². The Morgan fingerprint density at radius 3 is 2.02 bits per heavy atom. The average molecular weight is 583 g/mol. The molecular weight excluding hydrogens is 540 g/mol. The summed E-state index contributed by atoms with van der Waals surface area (Å²) in [6, 6.07) is 27.7. The first kappa shape index (κ1) is 30.6. The van der Waals surface area contributed by atoms with E-state index in [9.17, 15) is 13.5 Å². The number of benzene rings is 3. The van der Waals surface area contributed by atoms with Crippen molar-refractivity contribution in [3.8, 4) is 0 Å². The molecule has 0 bridgehead atoms. The van der Waals surface area contributed by atoms with Crippen molar-refractivity contribution < 1.29 is 26.9 Å². The molecule has 3 aromatic carbocycles. The van der Waals surface area contributed by atoms with Gasteiger partial charge in [0.15, 0.2) is 0 Å². The van der Waals surface area contributed by atoms with Gasteiger partial charge in [0.25, 0.3) is 18.4 Å². The lowest BCUT2D eigenvalue weighted by molar-refractivity contribution is -0.132. The number of aliphatic hydroxyl groups is 1. The van der Waals surface area contributed by atoms with Gasteiger partial charge in [-0.15, -0.1) is 0 Å². The van der Waals surface area contributed by atoms with Gasteiger partial charge in [-0.1, -0.05) is 99.1 Å². The van der Waals surface area contributed by atoms with E-state index in [-0.39, 0.29) is 22.6 Å². The molecule has 1 heterocycles. The number of rotatable bonds is 11. The lowest BCUT2D eigenvalue weighted by Crippen LogP contribution is -2.66. The number of aryl methyl sites for hydroxylation is 1. The summed E-state index contributed by atoms with van der Waals surface area (Å²) in [4.78, 5) is 0.0976. The highest BCUT2D eigenvalue weighted by molar-refractivity contribution is 7.86. The highest BCUT2D eigenvalue weighted by atomic mass is 32.2. The van der Waals surface area contributed by atoms with Crippen LogP contribution in [0.25, 0.3) is 0 Å². The Morgan fingerprint density at radius 1 is 0.900 bits per heavy atom. The largest absolute Gasteiger partial charge is 0.407 e. The van der Waals surface area contributed by atoms with E-state index in [0.717, 1.165) is 18.4 Å². The van der Waals surface area contributed by atoms with Gasteiger partial charge in [0.2, 0.25) is 0 Å². The third-order valence-electron chi connectivity index (χ3n) is 7.68. The summed E-state index contributed by atoms with van der Waals surface area (Å²) in [7, 11) is -6.53. The Morgan fingerprint density at radius 2 is 1.48 bits per heavy atom. The van der Waals surface area contributed by atoms with E-state index in [2.05, 4.69) is 69.3 Å². The zero-order valence-electron chi connectivity index (χ0n) is 24.0. The second-order valence-electron chi connectivity index (χ2n) is 11.6. The van der Waals surface area contributed by atoms with E-state index in [1.807, 2.05) is 19.1 Å². The summed E-state index contributed by atoms with van der Waals surface area (Å²) in [5.41, 5.74) is 0.965. The van der Waals surface area contributed by atoms with Crippen LogP contribution in [0.4, 0.5) is 0 Å². The van der Waals surface area contributed by atoms with Crippen LogP contribution in [-0.4, -0.2) is 53.4 Å². The molecule has 0 radical (unpaired) electrons. The minimum atomic E-state index is -3.93. The van der Waals surface area contributed by atoms with Crippen molar-refractivity contribution in [2.45, 2.75) is 81.6 Å². The topological polar surface area (TPSA) is 82.1 Å². The van der Waals surface area contributed by atoms with Gasteiger partial charge >= 0.3 is 0 Å². The maximum Gasteiger partial charge on any atom is 0.297 e. The molecular formula is C32H42O6SSi. The van der Waals surface area contributed by atoms with Crippen LogP contribution < -0.4 is 10.4 Å². The smallest absolute Gasteiger partial charge is 0.297 e. The van der Waals surface area contributed by atoms with Crippen molar-refractivity contribution in [1.29, 1.82) is 0 Å². The Balaban J connectivity index is 1.38. The quantitative estimate of drug-likeness (QED) is 0.195. The molecule has 0 aliphatic carbocycles. The second kappa shape index (κ2) is 13.1. The summed E-state index contributed by atoms with van der Waals surface area (Å²) in [6.07, 6.45) is 1.24. The van der Waals surface area contributed by atoms with E-state index in [1.165, 1.54) is 22.5 Å². The minimum absolute atomic E-state index is 0.0907. The van der Waals surface area contributed by atoms with Crippen LogP contribution in [-0.2, 0) is 23.5 Å². The molecule has 0 spiro atoms. The van der Waals surface area contributed by atoms with Crippen molar-refractivity contribution in [2.75, 3.05) is 13.2 Å². The van der Waals surface area contributed by atoms with E-state index in [0.29, 0.717) is 19.4 Å². The molecule has 4 rings (SSSR count). The lowest BCUT2D eigenvalue weighted by atomic mass is 9.99. The predicted octanol–water partition coefficient (Wildman–Crippen LogP) is 4.97. The van der Waals surface area contributed by atoms with Crippen LogP contribution >= 0.6 is 0 Å². The average Bonchev–Trinajstić information content (AvgIpc) is 2.94. The van der Waals surface area contributed by atoms with Gasteiger partial charge in [0, 0.05) is 6.61 Å². The zero-order chi connectivity index (χ0) is 28.8. The van der Waals surface area contributed by atoms with E-state index in [4.69, 9.17) is 13.3 Å². The number of hydrogen-bond donors (Lipinski definition) is 1. The fraction of sp³-hybridized carbons (Fsp3) is 0.438. The normalized spacial score (nSPS) is 20.4. The van der Waals surface area contributed by atoms with Crippen molar-refractivity contribution in [1.82, 2.24) is 0 Å². The van der Waals surface area contributed by atoms with Gasteiger partial charge in [-0.25, -0.2) is 0 Å². The minimum Gasteiger partial charge on any atom is -0.407 e. The molecule has 0 saturated carbocycles. The predicted molar refractivity (Wildman–Crippen MR) is 161 cm³/mol. The maximum atomic E-state index is 12.6. The van der Waals surface area contributed by atoms with E-state index in [1.54, 1.807) is 12.1 Å². The van der Waals surface area contributed by atoms with Crippen molar-refractivity contribution in [2.24, 2.45) is 0 Å². The standard InChI is InChI=1S/C32H42O6SSi/c1-25-17-20-27(21-18-25)39(34,35)36-24-31-30(33)22-19-26(38-31)12-11-23-37-40(32(2,3)4,28-13-7-5-8-14-28)29-15-9-6-10-16-29/h5-10,13-18,20-21,26,30-31,33H,11-12,19,22-24H2,1-4H3/t26-,30+,31-/m1/s1. The summed E-state index contributed by atoms with van der Waals surface area (Å²) >= 11 is 0. The van der Waals surface area contributed by atoms with E-state index >= 15 is 0 Å². The first-order chi connectivity index (χ1) is 19.0. The van der Waals surface area contributed by atoms with Crippen LogP contribution in [0.1, 0.15) is 52.0 Å². The SMILES string of the molecule is Cc1ccc(S(=O)(=O)OC[C@H]2O[C@H](CCCO[Si](c3ccccc3)(c3ccccc3)C(C)(C)C)CC[C@@H]2O)cc1. The molecule has 1 aliphatic heterocycles. The highest BCUT2D eigenvalue weighted by Crippen LogP contribution is 2.37. The summed E-state index contributed by atoms with van der Waals surface area (Å²) in [6.45, 7) is 9.05. The van der Waals surface area contributed by atoms with Crippen LogP contribution in [0.3, 0.4) is 0 Å². The second-order valence-corrected chi connectivity index (χ2v) is 17.6. The van der Waals surface area contributed by atoms with Crippen molar-refractivity contribution in [3.05, 3.63) is 90.5 Å². The Kier molecular flexibility index (Phi) is 10.0. The molecule has 1 N–H and O–H groups in total. The number of hydrogen-bond acceptors (Lipinski definition) is 6.